The van der Waals surface area contributed by atoms with Gasteiger partial charge in [0.2, 0.25) is 0 Å². The van der Waals surface area contributed by atoms with Gasteiger partial charge < -0.3 is 10.4 Å². The number of anilines is 1. The van der Waals surface area contributed by atoms with Gasteiger partial charge in [0.1, 0.15) is 0 Å². The van der Waals surface area contributed by atoms with Crippen LogP contribution in [-0.2, 0) is 6.54 Å². The van der Waals surface area contributed by atoms with E-state index in [1.54, 1.807) is 10.9 Å². The molecule has 2 rings (SSSR count). The van der Waals surface area contributed by atoms with E-state index in [0.29, 0.717) is 5.56 Å². The lowest BCUT2D eigenvalue weighted by atomic mass is 10.2. The Balaban J connectivity index is 2.06. The third kappa shape index (κ3) is 3.01. The number of rotatable bonds is 4. The van der Waals surface area contributed by atoms with E-state index in [4.69, 9.17) is 5.11 Å². The Hall–Kier alpha value is -2.11. The lowest BCUT2D eigenvalue weighted by Gasteiger charge is -2.06. The maximum absolute atomic E-state index is 13.1. The van der Waals surface area contributed by atoms with E-state index in [0.717, 1.165) is 17.8 Å². The van der Waals surface area contributed by atoms with Gasteiger partial charge in [-0.1, -0.05) is 0 Å². The van der Waals surface area contributed by atoms with Crippen LogP contribution >= 0.6 is 0 Å². The molecule has 0 amide bonds. The Labute approximate surface area is 109 Å². The van der Waals surface area contributed by atoms with Gasteiger partial charge in [0.05, 0.1) is 11.9 Å². The fourth-order valence-corrected chi connectivity index (χ4v) is 1.64. The lowest BCUT2D eigenvalue weighted by molar-refractivity contribution is 0.395. The van der Waals surface area contributed by atoms with Crippen LogP contribution in [0.3, 0.4) is 0 Å². The highest BCUT2D eigenvalue weighted by atomic mass is 19.1. The van der Waals surface area contributed by atoms with Crippen molar-refractivity contribution in [3.8, 4) is 5.75 Å². The topological polar surface area (TPSA) is 50.1 Å². The van der Waals surface area contributed by atoms with E-state index in [1.807, 2.05) is 20.0 Å². The Morgan fingerprint density at radius 2 is 1.95 bits per heavy atom. The molecule has 6 heteroatoms. The van der Waals surface area contributed by atoms with Gasteiger partial charge in [-0.2, -0.15) is 5.10 Å². The van der Waals surface area contributed by atoms with Crippen molar-refractivity contribution in [1.82, 2.24) is 9.78 Å². The molecule has 1 heterocycles. The number of aromatic nitrogens is 2. The van der Waals surface area contributed by atoms with Crippen LogP contribution in [0.4, 0.5) is 14.5 Å². The highest BCUT2D eigenvalue weighted by Gasteiger charge is 2.09. The van der Waals surface area contributed by atoms with Gasteiger partial charge >= 0.3 is 0 Å². The van der Waals surface area contributed by atoms with Gasteiger partial charge in [-0.05, 0) is 31.5 Å². The summed E-state index contributed by atoms with van der Waals surface area (Å²) in [5.74, 6) is -2.87. The van der Waals surface area contributed by atoms with Crippen LogP contribution in [0.5, 0.6) is 5.75 Å². The maximum Gasteiger partial charge on any atom is 0.187 e. The number of aromatic hydroxyl groups is 1. The fraction of sp³-hybridized carbons (Fsp3) is 0.308. The third-order valence-corrected chi connectivity index (χ3v) is 2.70. The summed E-state index contributed by atoms with van der Waals surface area (Å²) in [4.78, 5) is 0. The molecule has 2 aromatic rings. The van der Waals surface area contributed by atoms with E-state index < -0.39 is 17.4 Å². The number of nitrogens with one attached hydrogen (secondary N) is 1. The number of halogens is 2. The molecule has 0 unspecified atom stereocenters. The van der Waals surface area contributed by atoms with E-state index >= 15 is 0 Å². The molecule has 1 aromatic heterocycles. The first-order valence-electron chi connectivity index (χ1n) is 5.92. The molecular formula is C13H15F2N3O. The minimum absolute atomic E-state index is 0.248. The molecule has 0 saturated carbocycles. The van der Waals surface area contributed by atoms with Crippen LogP contribution in [0.25, 0.3) is 0 Å². The molecule has 0 fully saturated rings. The second kappa shape index (κ2) is 5.26. The maximum atomic E-state index is 13.1. The Kier molecular flexibility index (Phi) is 3.69. The molecule has 0 aliphatic carbocycles. The van der Waals surface area contributed by atoms with E-state index in [9.17, 15) is 8.78 Å². The predicted octanol–water partition coefficient (Wildman–Crippen LogP) is 3.06. The van der Waals surface area contributed by atoms with Crippen LogP contribution in [0.2, 0.25) is 0 Å². The molecular weight excluding hydrogens is 252 g/mol. The van der Waals surface area contributed by atoms with E-state index in [-0.39, 0.29) is 12.6 Å². The van der Waals surface area contributed by atoms with Crippen LogP contribution in [0, 0.1) is 11.6 Å². The van der Waals surface area contributed by atoms with Crippen LogP contribution in [0.1, 0.15) is 25.5 Å². The molecule has 0 atom stereocenters. The van der Waals surface area contributed by atoms with Crippen molar-refractivity contribution in [3.05, 3.63) is 41.7 Å². The number of benzene rings is 1. The van der Waals surface area contributed by atoms with Gasteiger partial charge in [0, 0.05) is 18.8 Å². The van der Waals surface area contributed by atoms with Crippen LogP contribution in [-0.4, -0.2) is 14.9 Å². The summed E-state index contributed by atoms with van der Waals surface area (Å²) in [6, 6.07) is 2.44. The number of nitrogens with zero attached hydrogens (tertiary/aromatic N) is 2. The largest absolute Gasteiger partial charge is 0.503 e. The first-order chi connectivity index (χ1) is 8.97. The first kappa shape index (κ1) is 13.3. The second-order valence-electron chi connectivity index (χ2n) is 4.56. The van der Waals surface area contributed by atoms with Crippen molar-refractivity contribution in [2.24, 2.45) is 0 Å². The number of phenols is 1. The molecule has 0 radical (unpaired) electrons. The quantitative estimate of drug-likeness (QED) is 0.895. The summed E-state index contributed by atoms with van der Waals surface area (Å²) in [7, 11) is 0. The van der Waals surface area contributed by atoms with Crippen molar-refractivity contribution >= 4 is 5.69 Å². The van der Waals surface area contributed by atoms with E-state index in [2.05, 4.69) is 10.4 Å². The fourth-order valence-electron chi connectivity index (χ4n) is 1.64. The lowest BCUT2D eigenvalue weighted by Crippen LogP contribution is -2.01. The molecule has 19 heavy (non-hydrogen) atoms. The molecule has 0 saturated heterocycles. The van der Waals surface area contributed by atoms with Crippen LogP contribution < -0.4 is 5.32 Å². The summed E-state index contributed by atoms with van der Waals surface area (Å²) < 4.78 is 28.1. The SMILES string of the molecule is CC(C)n1cc(NCc2cc(F)c(O)c(F)c2)cn1. The minimum Gasteiger partial charge on any atom is -0.503 e. The number of phenolic OH excluding ortho intramolecular Hbond substituents is 1. The monoisotopic (exact) mass is 267 g/mol. The van der Waals surface area contributed by atoms with Crippen molar-refractivity contribution in [3.63, 3.8) is 0 Å². The molecule has 0 aliphatic heterocycles. The van der Waals surface area contributed by atoms with Gasteiger partial charge in [-0.3, -0.25) is 4.68 Å². The molecule has 0 aliphatic rings. The average Bonchev–Trinajstić information content (AvgIpc) is 2.82. The zero-order valence-electron chi connectivity index (χ0n) is 10.7. The van der Waals surface area contributed by atoms with Crippen molar-refractivity contribution in [2.75, 3.05) is 5.32 Å². The Morgan fingerprint density at radius 3 is 2.47 bits per heavy atom. The highest BCUT2D eigenvalue weighted by Crippen LogP contribution is 2.22. The minimum atomic E-state index is -0.963. The predicted molar refractivity (Wildman–Crippen MR) is 68.0 cm³/mol. The van der Waals surface area contributed by atoms with Crippen molar-refractivity contribution in [2.45, 2.75) is 26.4 Å². The standard InChI is InChI=1S/C13H15F2N3O/c1-8(2)18-7-10(6-17-18)16-5-9-3-11(14)13(19)12(15)4-9/h3-4,6-8,16,19H,5H2,1-2H3. The zero-order chi connectivity index (χ0) is 14.0. The molecule has 0 spiro atoms. The molecule has 2 N–H and O–H groups in total. The third-order valence-electron chi connectivity index (χ3n) is 2.70. The summed E-state index contributed by atoms with van der Waals surface area (Å²) in [6.45, 7) is 4.25. The normalized spacial score (nSPS) is 11.0. The summed E-state index contributed by atoms with van der Waals surface area (Å²) in [6.07, 6.45) is 3.46. The number of hydrogen-bond acceptors (Lipinski definition) is 3. The molecule has 0 bridgehead atoms. The first-order valence-corrected chi connectivity index (χ1v) is 5.92. The summed E-state index contributed by atoms with van der Waals surface area (Å²) >= 11 is 0. The van der Waals surface area contributed by atoms with E-state index in [1.165, 1.54) is 0 Å². The van der Waals surface area contributed by atoms with Gasteiger partial charge in [-0.15, -0.1) is 0 Å². The number of hydrogen-bond donors (Lipinski definition) is 2. The molecule has 4 nitrogen and oxygen atoms in total. The van der Waals surface area contributed by atoms with Crippen molar-refractivity contribution in [1.29, 1.82) is 0 Å². The smallest absolute Gasteiger partial charge is 0.187 e. The Morgan fingerprint density at radius 1 is 1.32 bits per heavy atom. The van der Waals surface area contributed by atoms with Gasteiger partial charge in [0.15, 0.2) is 17.4 Å². The highest BCUT2D eigenvalue weighted by molar-refractivity contribution is 5.40. The summed E-state index contributed by atoms with van der Waals surface area (Å²) in [5, 5.41) is 16.2. The second-order valence-corrected chi connectivity index (χ2v) is 4.56. The molecule has 102 valence electrons. The zero-order valence-corrected chi connectivity index (χ0v) is 10.7. The Bertz CT molecular complexity index is 558. The van der Waals surface area contributed by atoms with Gasteiger partial charge in [-0.25, -0.2) is 8.78 Å². The van der Waals surface area contributed by atoms with Gasteiger partial charge in [0.25, 0.3) is 0 Å². The molecule has 1 aromatic carbocycles. The van der Waals surface area contributed by atoms with Crippen molar-refractivity contribution < 1.29 is 13.9 Å². The van der Waals surface area contributed by atoms with Crippen LogP contribution in [0.15, 0.2) is 24.5 Å². The summed E-state index contributed by atoms with van der Waals surface area (Å²) in [5.41, 5.74) is 1.17. The average molecular weight is 267 g/mol.